The number of aromatic nitrogens is 1. The summed E-state index contributed by atoms with van der Waals surface area (Å²) < 4.78 is 5.34. The average molecular weight is 340 g/mol. The van der Waals surface area contributed by atoms with Gasteiger partial charge in [0.05, 0.1) is 25.1 Å². The summed E-state index contributed by atoms with van der Waals surface area (Å²) in [6.45, 7) is 7.45. The van der Waals surface area contributed by atoms with Crippen LogP contribution in [0.1, 0.15) is 15.9 Å². The molecule has 0 radical (unpaired) electrons. The van der Waals surface area contributed by atoms with E-state index in [2.05, 4.69) is 20.5 Å². The zero-order valence-electron chi connectivity index (χ0n) is 14.5. The lowest BCUT2D eigenvalue weighted by Crippen LogP contribution is -2.39. The number of rotatable bonds is 6. The maximum atomic E-state index is 12.2. The van der Waals surface area contributed by atoms with Gasteiger partial charge in [-0.3, -0.25) is 9.69 Å². The number of carbonyl (C=O) groups excluding carboxylic acids is 1. The molecular weight excluding hydrogens is 316 g/mol. The summed E-state index contributed by atoms with van der Waals surface area (Å²) in [5.41, 5.74) is 2.70. The van der Waals surface area contributed by atoms with E-state index >= 15 is 0 Å². The predicted octanol–water partition coefficient (Wildman–Crippen LogP) is 2.39. The molecule has 3 rings (SSSR count). The molecule has 0 spiro atoms. The van der Waals surface area contributed by atoms with Gasteiger partial charge in [-0.05, 0) is 31.2 Å². The lowest BCUT2D eigenvalue weighted by Gasteiger charge is -2.26. The third-order valence-electron chi connectivity index (χ3n) is 4.18. The molecule has 2 N–H and O–H groups in total. The van der Waals surface area contributed by atoms with Crippen LogP contribution in [0, 0.1) is 6.92 Å². The molecule has 0 unspecified atom stereocenters. The molecule has 0 bridgehead atoms. The van der Waals surface area contributed by atoms with Gasteiger partial charge in [-0.2, -0.15) is 0 Å². The Bertz CT molecular complexity index is 680. The van der Waals surface area contributed by atoms with Crippen molar-refractivity contribution >= 4 is 17.4 Å². The van der Waals surface area contributed by atoms with Crippen molar-refractivity contribution in [1.82, 2.24) is 9.88 Å². The molecular formula is C19H24N4O2. The van der Waals surface area contributed by atoms with Crippen LogP contribution >= 0.6 is 0 Å². The number of ether oxygens (including phenoxy) is 1. The van der Waals surface area contributed by atoms with Gasteiger partial charge in [0, 0.05) is 31.7 Å². The maximum absolute atomic E-state index is 12.2. The Kier molecular flexibility index (Phi) is 5.98. The number of hydrogen-bond donors (Lipinski definition) is 2. The molecule has 1 amide bonds. The first kappa shape index (κ1) is 17.4. The largest absolute Gasteiger partial charge is 0.383 e. The second-order valence-electron chi connectivity index (χ2n) is 6.13. The zero-order valence-corrected chi connectivity index (χ0v) is 14.5. The molecule has 0 atom stereocenters. The average Bonchev–Trinajstić information content (AvgIpc) is 2.64. The molecule has 1 fully saturated rings. The van der Waals surface area contributed by atoms with E-state index in [0.717, 1.165) is 50.6 Å². The summed E-state index contributed by atoms with van der Waals surface area (Å²) in [5, 5.41) is 6.17. The first-order chi connectivity index (χ1) is 12.2. The van der Waals surface area contributed by atoms with E-state index in [1.54, 1.807) is 6.20 Å². The van der Waals surface area contributed by atoms with Gasteiger partial charge in [0.1, 0.15) is 5.82 Å². The quantitative estimate of drug-likeness (QED) is 0.845. The molecule has 1 aliphatic heterocycles. The highest BCUT2D eigenvalue weighted by Crippen LogP contribution is 2.11. The molecule has 0 saturated carbocycles. The van der Waals surface area contributed by atoms with Crippen molar-refractivity contribution in [2.45, 2.75) is 6.92 Å². The van der Waals surface area contributed by atoms with Crippen molar-refractivity contribution < 1.29 is 9.53 Å². The van der Waals surface area contributed by atoms with Crippen LogP contribution in [-0.4, -0.2) is 55.2 Å². The Balaban J connectivity index is 1.46. The van der Waals surface area contributed by atoms with Crippen LogP contribution in [0.2, 0.25) is 0 Å². The van der Waals surface area contributed by atoms with Crippen molar-refractivity contribution in [2.24, 2.45) is 0 Å². The maximum Gasteiger partial charge on any atom is 0.256 e. The Labute approximate surface area is 148 Å². The SMILES string of the molecule is Cc1ccc(C(=O)Nc2ccc(NCCN3CCOCC3)cn2)cc1. The summed E-state index contributed by atoms with van der Waals surface area (Å²) in [4.78, 5) is 18.8. The number of amides is 1. The molecule has 1 saturated heterocycles. The Morgan fingerprint density at radius 3 is 2.60 bits per heavy atom. The van der Waals surface area contributed by atoms with Gasteiger partial charge in [0.25, 0.3) is 5.91 Å². The molecule has 1 aromatic heterocycles. The smallest absolute Gasteiger partial charge is 0.256 e. The van der Waals surface area contributed by atoms with Crippen LogP contribution < -0.4 is 10.6 Å². The fourth-order valence-corrected chi connectivity index (χ4v) is 2.65. The van der Waals surface area contributed by atoms with Crippen LogP contribution in [0.15, 0.2) is 42.6 Å². The highest BCUT2D eigenvalue weighted by Gasteiger charge is 2.09. The number of anilines is 2. The van der Waals surface area contributed by atoms with Crippen molar-refractivity contribution in [1.29, 1.82) is 0 Å². The molecule has 0 aliphatic carbocycles. The second kappa shape index (κ2) is 8.60. The van der Waals surface area contributed by atoms with Gasteiger partial charge < -0.3 is 15.4 Å². The van der Waals surface area contributed by atoms with Crippen LogP contribution in [0.4, 0.5) is 11.5 Å². The Morgan fingerprint density at radius 2 is 1.92 bits per heavy atom. The predicted molar refractivity (Wildman–Crippen MR) is 99.1 cm³/mol. The normalized spacial score (nSPS) is 14.9. The highest BCUT2D eigenvalue weighted by atomic mass is 16.5. The Morgan fingerprint density at radius 1 is 1.16 bits per heavy atom. The van der Waals surface area contributed by atoms with E-state index in [0.29, 0.717) is 11.4 Å². The first-order valence-corrected chi connectivity index (χ1v) is 8.59. The van der Waals surface area contributed by atoms with Crippen LogP contribution in [0.5, 0.6) is 0 Å². The fraction of sp³-hybridized carbons (Fsp3) is 0.368. The molecule has 6 nitrogen and oxygen atoms in total. The van der Waals surface area contributed by atoms with E-state index in [-0.39, 0.29) is 5.91 Å². The minimum Gasteiger partial charge on any atom is -0.383 e. The summed E-state index contributed by atoms with van der Waals surface area (Å²) in [7, 11) is 0. The number of aryl methyl sites for hydroxylation is 1. The van der Waals surface area contributed by atoms with Gasteiger partial charge in [0.15, 0.2) is 0 Å². The van der Waals surface area contributed by atoms with E-state index in [9.17, 15) is 4.79 Å². The highest BCUT2D eigenvalue weighted by molar-refractivity contribution is 6.03. The minimum atomic E-state index is -0.152. The number of hydrogen-bond acceptors (Lipinski definition) is 5. The first-order valence-electron chi connectivity index (χ1n) is 8.59. The number of benzene rings is 1. The molecule has 2 aromatic rings. The van der Waals surface area contributed by atoms with Gasteiger partial charge >= 0.3 is 0 Å². The third-order valence-corrected chi connectivity index (χ3v) is 4.18. The zero-order chi connectivity index (χ0) is 17.5. The molecule has 132 valence electrons. The van der Waals surface area contributed by atoms with Crippen LogP contribution in [0.3, 0.4) is 0 Å². The van der Waals surface area contributed by atoms with Gasteiger partial charge in [0.2, 0.25) is 0 Å². The molecule has 2 heterocycles. The third kappa shape index (κ3) is 5.27. The number of carbonyl (C=O) groups is 1. The van der Waals surface area contributed by atoms with E-state index in [1.165, 1.54) is 0 Å². The van der Waals surface area contributed by atoms with E-state index in [1.807, 2.05) is 43.3 Å². The van der Waals surface area contributed by atoms with Crippen molar-refractivity contribution in [3.8, 4) is 0 Å². The molecule has 6 heteroatoms. The summed E-state index contributed by atoms with van der Waals surface area (Å²) in [6.07, 6.45) is 1.74. The number of morpholine rings is 1. The number of nitrogens with zero attached hydrogens (tertiary/aromatic N) is 2. The summed E-state index contributed by atoms with van der Waals surface area (Å²) >= 11 is 0. The fourth-order valence-electron chi connectivity index (χ4n) is 2.65. The lowest BCUT2D eigenvalue weighted by atomic mass is 10.1. The topological polar surface area (TPSA) is 66.5 Å². The van der Waals surface area contributed by atoms with Crippen LogP contribution in [0.25, 0.3) is 0 Å². The molecule has 25 heavy (non-hydrogen) atoms. The van der Waals surface area contributed by atoms with E-state index in [4.69, 9.17) is 4.74 Å². The monoisotopic (exact) mass is 340 g/mol. The second-order valence-corrected chi connectivity index (χ2v) is 6.13. The van der Waals surface area contributed by atoms with Gasteiger partial charge in [-0.25, -0.2) is 4.98 Å². The lowest BCUT2D eigenvalue weighted by molar-refractivity contribution is 0.0398. The van der Waals surface area contributed by atoms with Gasteiger partial charge in [-0.1, -0.05) is 17.7 Å². The number of nitrogens with one attached hydrogen (secondary N) is 2. The van der Waals surface area contributed by atoms with E-state index < -0.39 is 0 Å². The summed E-state index contributed by atoms with van der Waals surface area (Å²) in [6, 6.07) is 11.2. The molecule has 1 aliphatic rings. The standard InChI is InChI=1S/C19H24N4O2/c1-15-2-4-16(5-3-15)19(24)22-18-7-6-17(14-21-18)20-8-9-23-10-12-25-13-11-23/h2-7,14,20H,8-13H2,1H3,(H,21,22,24). The summed E-state index contributed by atoms with van der Waals surface area (Å²) in [5.74, 6) is 0.393. The van der Waals surface area contributed by atoms with Crippen molar-refractivity contribution in [2.75, 3.05) is 50.0 Å². The van der Waals surface area contributed by atoms with Crippen LogP contribution in [-0.2, 0) is 4.74 Å². The van der Waals surface area contributed by atoms with Gasteiger partial charge in [-0.15, -0.1) is 0 Å². The minimum absolute atomic E-state index is 0.152. The Hall–Kier alpha value is -2.44. The van der Waals surface area contributed by atoms with Crippen molar-refractivity contribution in [3.63, 3.8) is 0 Å². The van der Waals surface area contributed by atoms with Crippen molar-refractivity contribution in [3.05, 3.63) is 53.7 Å². The number of pyridine rings is 1. The molecule has 1 aromatic carbocycles.